The molecule has 1 unspecified atom stereocenters. The first-order valence-corrected chi connectivity index (χ1v) is 5.14. The number of hydrogen-bond acceptors (Lipinski definition) is 1. The van der Waals surface area contributed by atoms with Crippen LogP contribution in [0.1, 0.15) is 34.1 Å². The molecule has 0 amide bonds. The van der Waals surface area contributed by atoms with Gasteiger partial charge in [-0.3, -0.25) is 4.99 Å². The van der Waals surface area contributed by atoms with E-state index in [2.05, 4.69) is 39.3 Å². The number of nitrogens with zero attached hydrogens (tertiary/aromatic N) is 2. The van der Waals surface area contributed by atoms with E-state index in [0.29, 0.717) is 11.3 Å². The summed E-state index contributed by atoms with van der Waals surface area (Å²) < 4.78 is 0. The second-order valence-electron chi connectivity index (χ2n) is 4.90. The highest BCUT2D eigenvalue weighted by Gasteiger charge is 2.22. The Morgan fingerprint density at radius 1 is 1.50 bits per heavy atom. The number of rotatable bonds is 3. The Labute approximate surface area is 88.7 Å². The largest absolute Gasteiger partial charge is 0.340 e. The summed E-state index contributed by atoms with van der Waals surface area (Å²) in [7, 11) is 3.83. The molecule has 2 nitrogen and oxygen atoms in total. The zero-order chi connectivity index (χ0) is 11.4. The Balaban J connectivity index is 4.42. The topological polar surface area (TPSA) is 15.6 Å². The van der Waals surface area contributed by atoms with Gasteiger partial charge < -0.3 is 4.90 Å². The predicted octanol–water partition coefficient (Wildman–Crippen LogP) is 3.16. The van der Waals surface area contributed by atoms with E-state index < -0.39 is 0 Å². The first-order chi connectivity index (χ1) is 6.32. The number of amidine groups is 1. The summed E-state index contributed by atoms with van der Waals surface area (Å²) in [6.07, 6.45) is 2.81. The highest BCUT2D eigenvalue weighted by Crippen LogP contribution is 2.28. The van der Waals surface area contributed by atoms with Gasteiger partial charge in [0.15, 0.2) is 0 Å². The van der Waals surface area contributed by atoms with Crippen LogP contribution in [0.3, 0.4) is 0 Å². The van der Waals surface area contributed by atoms with Gasteiger partial charge in [0.05, 0.1) is 0 Å². The molecule has 0 aliphatic rings. The average molecular weight is 196 g/mol. The second kappa shape index (κ2) is 5.18. The lowest BCUT2D eigenvalue weighted by Crippen LogP contribution is -2.27. The van der Waals surface area contributed by atoms with Gasteiger partial charge in [-0.2, -0.15) is 0 Å². The summed E-state index contributed by atoms with van der Waals surface area (Å²) in [6, 6.07) is 0. The molecular formula is C12H24N2. The van der Waals surface area contributed by atoms with Crippen molar-refractivity contribution < 1.29 is 0 Å². The summed E-state index contributed by atoms with van der Waals surface area (Å²) >= 11 is 0. The van der Waals surface area contributed by atoms with Crippen LogP contribution in [-0.4, -0.2) is 24.8 Å². The van der Waals surface area contributed by atoms with Gasteiger partial charge >= 0.3 is 0 Å². The minimum atomic E-state index is 0.331. The first kappa shape index (κ1) is 13.2. The molecule has 82 valence electrons. The summed E-state index contributed by atoms with van der Waals surface area (Å²) in [6.45, 7) is 12.8. The molecule has 0 aliphatic carbocycles. The van der Waals surface area contributed by atoms with Crippen molar-refractivity contribution >= 4 is 5.84 Å². The molecule has 14 heavy (non-hydrogen) atoms. The predicted molar refractivity (Wildman–Crippen MR) is 64.6 cm³/mol. The van der Waals surface area contributed by atoms with Crippen molar-refractivity contribution in [1.29, 1.82) is 0 Å². The number of aliphatic imine (C=N–C) groups is 1. The Bertz CT molecular complexity index is 211. The average Bonchev–Trinajstić information content (AvgIpc) is 2.10. The summed E-state index contributed by atoms with van der Waals surface area (Å²) in [5.41, 5.74) is 0.331. The molecule has 0 saturated carbocycles. The first-order valence-electron chi connectivity index (χ1n) is 5.14. The van der Waals surface area contributed by atoms with Crippen LogP contribution in [0.4, 0.5) is 0 Å². The smallest absolute Gasteiger partial charge is 0.102 e. The molecule has 0 heterocycles. The Hall–Kier alpha value is -0.790. The molecule has 0 saturated heterocycles. The van der Waals surface area contributed by atoms with E-state index in [1.807, 2.05) is 19.0 Å². The lowest BCUT2D eigenvalue weighted by Gasteiger charge is -2.29. The minimum Gasteiger partial charge on any atom is -0.340 e. The third-order valence-corrected chi connectivity index (χ3v) is 2.91. The fraction of sp³-hybridized carbons (Fsp3) is 0.750. The normalized spacial score (nSPS) is 15.1. The molecule has 0 radical (unpaired) electrons. The van der Waals surface area contributed by atoms with E-state index in [0.717, 1.165) is 12.3 Å². The minimum absolute atomic E-state index is 0.331. The van der Waals surface area contributed by atoms with E-state index in [1.165, 1.54) is 0 Å². The fourth-order valence-electron chi connectivity index (χ4n) is 1.08. The highest BCUT2D eigenvalue weighted by atomic mass is 15.1. The van der Waals surface area contributed by atoms with E-state index in [1.54, 1.807) is 6.20 Å². The molecule has 0 aromatic carbocycles. The zero-order valence-electron chi connectivity index (χ0n) is 10.5. The maximum atomic E-state index is 4.28. The van der Waals surface area contributed by atoms with Crippen LogP contribution in [0.5, 0.6) is 0 Å². The molecule has 0 spiro atoms. The SMILES string of the molecule is C=CN(C)/C(CC(C)C(C)(C)C)=N\C. The third-order valence-electron chi connectivity index (χ3n) is 2.91. The Kier molecular flexibility index (Phi) is 4.89. The van der Waals surface area contributed by atoms with E-state index in [-0.39, 0.29) is 0 Å². The van der Waals surface area contributed by atoms with Gasteiger partial charge in [0.1, 0.15) is 5.84 Å². The van der Waals surface area contributed by atoms with Crippen LogP contribution in [0.2, 0.25) is 0 Å². The highest BCUT2D eigenvalue weighted by molar-refractivity contribution is 5.83. The fourth-order valence-corrected chi connectivity index (χ4v) is 1.08. The molecule has 1 atom stereocenters. The Morgan fingerprint density at radius 2 is 2.00 bits per heavy atom. The van der Waals surface area contributed by atoms with E-state index in [9.17, 15) is 0 Å². The van der Waals surface area contributed by atoms with Crippen LogP contribution in [-0.2, 0) is 0 Å². The standard InChI is InChI=1S/C12H24N2/c1-8-14(7)11(13-6)9-10(2)12(3,4)5/h8,10H,1,9H2,2-7H3/b13-11-. The zero-order valence-corrected chi connectivity index (χ0v) is 10.5. The number of hydrogen-bond donors (Lipinski definition) is 0. The van der Waals surface area contributed by atoms with Crippen molar-refractivity contribution in [2.24, 2.45) is 16.3 Å². The molecular weight excluding hydrogens is 172 g/mol. The summed E-state index contributed by atoms with van der Waals surface area (Å²) in [4.78, 5) is 6.27. The maximum absolute atomic E-state index is 4.28. The molecule has 0 aromatic heterocycles. The van der Waals surface area contributed by atoms with Crippen molar-refractivity contribution in [3.63, 3.8) is 0 Å². The van der Waals surface area contributed by atoms with Crippen LogP contribution in [0.15, 0.2) is 17.8 Å². The van der Waals surface area contributed by atoms with Crippen LogP contribution < -0.4 is 0 Å². The van der Waals surface area contributed by atoms with Gasteiger partial charge in [-0.05, 0) is 17.5 Å². The molecule has 0 aromatic rings. The van der Waals surface area contributed by atoms with Crippen LogP contribution in [0, 0.1) is 11.3 Å². The quantitative estimate of drug-likeness (QED) is 0.500. The summed E-state index contributed by atoms with van der Waals surface area (Å²) in [5.74, 6) is 1.71. The van der Waals surface area contributed by atoms with E-state index >= 15 is 0 Å². The van der Waals surface area contributed by atoms with Gasteiger partial charge in [-0.15, -0.1) is 0 Å². The van der Waals surface area contributed by atoms with E-state index in [4.69, 9.17) is 0 Å². The van der Waals surface area contributed by atoms with Crippen molar-refractivity contribution in [3.8, 4) is 0 Å². The van der Waals surface area contributed by atoms with Gasteiger partial charge in [-0.25, -0.2) is 0 Å². The van der Waals surface area contributed by atoms with Crippen molar-refractivity contribution in [2.75, 3.05) is 14.1 Å². The molecule has 0 rings (SSSR count). The van der Waals surface area contributed by atoms with Gasteiger partial charge in [-0.1, -0.05) is 34.3 Å². The van der Waals surface area contributed by atoms with Crippen LogP contribution in [0.25, 0.3) is 0 Å². The lowest BCUT2D eigenvalue weighted by molar-refractivity contribution is 0.265. The van der Waals surface area contributed by atoms with Gasteiger partial charge in [0.25, 0.3) is 0 Å². The van der Waals surface area contributed by atoms with Crippen LogP contribution >= 0.6 is 0 Å². The molecule has 0 N–H and O–H groups in total. The maximum Gasteiger partial charge on any atom is 0.102 e. The molecule has 2 heteroatoms. The third kappa shape index (κ3) is 3.95. The van der Waals surface area contributed by atoms with Gasteiger partial charge in [0.2, 0.25) is 0 Å². The Morgan fingerprint density at radius 3 is 2.29 bits per heavy atom. The van der Waals surface area contributed by atoms with Crippen molar-refractivity contribution in [1.82, 2.24) is 4.90 Å². The molecule has 0 fully saturated rings. The monoisotopic (exact) mass is 196 g/mol. The van der Waals surface area contributed by atoms with Crippen molar-refractivity contribution in [2.45, 2.75) is 34.1 Å². The lowest BCUT2D eigenvalue weighted by atomic mass is 9.80. The summed E-state index contributed by atoms with van der Waals surface area (Å²) in [5, 5.41) is 0. The van der Waals surface area contributed by atoms with Crippen molar-refractivity contribution in [3.05, 3.63) is 12.8 Å². The van der Waals surface area contributed by atoms with Gasteiger partial charge in [0, 0.05) is 20.5 Å². The molecule has 0 bridgehead atoms. The molecule has 0 aliphatic heterocycles. The second-order valence-corrected chi connectivity index (χ2v) is 4.90.